The van der Waals surface area contributed by atoms with Crippen LogP contribution in [0.25, 0.3) is 11.3 Å². The average molecular weight is 452 g/mol. The lowest BCUT2D eigenvalue weighted by molar-refractivity contribution is 0.100. The van der Waals surface area contributed by atoms with Crippen molar-refractivity contribution in [3.8, 4) is 11.3 Å². The van der Waals surface area contributed by atoms with E-state index in [1.54, 1.807) is 52.8 Å². The molecule has 1 aliphatic rings. The quantitative estimate of drug-likeness (QED) is 0.592. The summed E-state index contributed by atoms with van der Waals surface area (Å²) in [6, 6.07) is 15.6. The van der Waals surface area contributed by atoms with Crippen molar-refractivity contribution in [2.24, 2.45) is 5.73 Å². The summed E-state index contributed by atoms with van der Waals surface area (Å²) in [4.78, 5) is 11.5. The Labute approximate surface area is 187 Å². The largest absolute Gasteiger partial charge is 0.366 e. The lowest BCUT2D eigenvalue weighted by atomic mass is 10.1. The van der Waals surface area contributed by atoms with Gasteiger partial charge in [-0.15, -0.1) is 10.2 Å². The van der Waals surface area contributed by atoms with E-state index in [-0.39, 0.29) is 0 Å². The Bertz CT molecular complexity index is 1220. The van der Waals surface area contributed by atoms with E-state index in [0.717, 1.165) is 24.9 Å². The Morgan fingerprint density at radius 1 is 0.969 bits per heavy atom. The molecule has 0 radical (unpaired) electrons. The average Bonchev–Trinajstić information content (AvgIpc) is 2.81. The Balaban J connectivity index is 1.55. The molecule has 0 atom stereocenters. The van der Waals surface area contributed by atoms with Gasteiger partial charge in [0.25, 0.3) is 0 Å². The molecule has 32 heavy (non-hydrogen) atoms. The third-order valence-electron chi connectivity index (χ3n) is 5.52. The first-order valence-electron chi connectivity index (χ1n) is 10.5. The van der Waals surface area contributed by atoms with Crippen LogP contribution < -0.4 is 11.1 Å². The molecule has 1 amide bonds. The number of sulfonamides is 1. The van der Waals surface area contributed by atoms with Gasteiger partial charge in [-0.05, 0) is 67.8 Å². The van der Waals surface area contributed by atoms with Gasteiger partial charge in [-0.3, -0.25) is 4.79 Å². The van der Waals surface area contributed by atoms with Crippen LogP contribution in [0.2, 0.25) is 0 Å². The number of carbonyl (C=O) groups is 1. The maximum Gasteiger partial charge on any atom is 0.248 e. The normalized spacial score (nSPS) is 14.8. The van der Waals surface area contributed by atoms with Crippen molar-refractivity contribution >= 4 is 27.4 Å². The van der Waals surface area contributed by atoms with Crippen LogP contribution >= 0.6 is 0 Å². The molecule has 0 saturated carbocycles. The molecule has 4 rings (SSSR count). The summed E-state index contributed by atoms with van der Waals surface area (Å²) in [7, 11) is -3.54. The SMILES string of the molecule is Cc1ccc(-c2ccc(Nc3ccc(C(N)=O)cc3)nn2)cc1S(=O)(=O)N1CCCCC1. The van der Waals surface area contributed by atoms with E-state index in [0.29, 0.717) is 46.2 Å². The highest BCUT2D eigenvalue weighted by Crippen LogP contribution is 2.28. The number of carbonyl (C=O) groups excluding carboxylic acids is 1. The van der Waals surface area contributed by atoms with Crippen LogP contribution in [-0.4, -0.2) is 41.9 Å². The molecule has 1 aromatic heterocycles. The molecule has 1 fully saturated rings. The van der Waals surface area contributed by atoms with Crippen LogP contribution in [0, 0.1) is 6.92 Å². The van der Waals surface area contributed by atoms with Gasteiger partial charge in [-0.25, -0.2) is 8.42 Å². The highest BCUT2D eigenvalue weighted by molar-refractivity contribution is 7.89. The summed E-state index contributed by atoms with van der Waals surface area (Å²) in [5, 5.41) is 11.6. The molecule has 2 heterocycles. The van der Waals surface area contributed by atoms with Crippen molar-refractivity contribution in [1.82, 2.24) is 14.5 Å². The molecule has 0 aliphatic carbocycles. The molecular weight excluding hydrogens is 426 g/mol. The smallest absolute Gasteiger partial charge is 0.248 e. The van der Waals surface area contributed by atoms with Gasteiger partial charge in [0.2, 0.25) is 15.9 Å². The third kappa shape index (κ3) is 4.63. The molecule has 0 spiro atoms. The van der Waals surface area contributed by atoms with E-state index < -0.39 is 15.9 Å². The van der Waals surface area contributed by atoms with Crippen molar-refractivity contribution in [3.05, 3.63) is 65.7 Å². The Kier molecular flexibility index (Phi) is 6.20. The van der Waals surface area contributed by atoms with Crippen molar-refractivity contribution < 1.29 is 13.2 Å². The van der Waals surface area contributed by atoms with Crippen LogP contribution in [0.1, 0.15) is 35.2 Å². The molecule has 9 heteroatoms. The maximum absolute atomic E-state index is 13.2. The van der Waals surface area contributed by atoms with E-state index in [1.807, 2.05) is 13.0 Å². The Hall–Kier alpha value is -3.30. The van der Waals surface area contributed by atoms with Crippen LogP contribution in [0.5, 0.6) is 0 Å². The first-order chi connectivity index (χ1) is 15.3. The Morgan fingerprint density at radius 3 is 2.31 bits per heavy atom. The predicted octanol–water partition coefficient (Wildman–Crippen LogP) is 3.47. The Morgan fingerprint density at radius 2 is 1.69 bits per heavy atom. The van der Waals surface area contributed by atoms with Crippen LogP contribution in [0.4, 0.5) is 11.5 Å². The monoisotopic (exact) mass is 451 g/mol. The van der Waals surface area contributed by atoms with Gasteiger partial charge in [0.05, 0.1) is 10.6 Å². The molecule has 3 aromatic rings. The van der Waals surface area contributed by atoms with Gasteiger partial charge in [0.15, 0.2) is 5.82 Å². The highest BCUT2D eigenvalue weighted by Gasteiger charge is 2.27. The number of rotatable bonds is 6. The number of hydrogen-bond donors (Lipinski definition) is 2. The van der Waals surface area contributed by atoms with Gasteiger partial charge >= 0.3 is 0 Å². The topological polar surface area (TPSA) is 118 Å². The number of benzene rings is 2. The fourth-order valence-corrected chi connectivity index (χ4v) is 5.47. The van der Waals surface area contributed by atoms with E-state index >= 15 is 0 Å². The van der Waals surface area contributed by atoms with E-state index in [2.05, 4.69) is 15.5 Å². The standard InChI is InChI=1S/C23H25N5O3S/c1-16-5-6-18(15-21(16)32(30,31)28-13-3-2-4-14-28)20-11-12-22(27-26-20)25-19-9-7-17(8-10-19)23(24)29/h5-12,15H,2-4,13-14H2,1H3,(H2,24,29)(H,25,27). The molecule has 3 N–H and O–H groups in total. The van der Waals surface area contributed by atoms with Crippen molar-refractivity contribution in [2.45, 2.75) is 31.1 Å². The number of anilines is 2. The molecular formula is C23H25N5O3S. The fraction of sp³-hybridized carbons (Fsp3) is 0.261. The minimum absolute atomic E-state index is 0.315. The van der Waals surface area contributed by atoms with Gasteiger partial charge in [-0.1, -0.05) is 18.6 Å². The molecule has 166 valence electrons. The number of hydrogen-bond acceptors (Lipinski definition) is 6. The number of aromatic nitrogens is 2. The first kappa shape index (κ1) is 21.9. The number of amides is 1. The number of primary amides is 1. The van der Waals surface area contributed by atoms with Crippen molar-refractivity contribution in [2.75, 3.05) is 18.4 Å². The summed E-state index contributed by atoms with van der Waals surface area (Å²) in [6.07, 6.45) is 2.85. The zero-order valence-electron chi connectivity index (χ0n) is 17.8. The minimum atomic E-state index is -3.54. The molecule has 2 aromatic carbocycles. The number of nitrogens with one attached hydrogen (secondary N) is 1. The summed E-state index contributed by atoms with van der Waals surface area (Å²) < 4.78 is 27.9. The van der Waals surface area contributed by atoms with Crippen LogP contribution in [-0.2, 0) is 10.0 Å². The molecule has 8 nitrogen and oxygen atoms in total. The fourth-order valence-electron chi connectivity index (χ4n) is 3.70. The van der Waals surface area contributed by atoms with Gasteiger partial charge in [-0.2, -0.15) is 4.31 Å². The lowest BCUT2D eigenvalue weighted by Gasteiger charge is -2.26. The van der Waals surface area contributed by atoms with Crippen LogP contribution in [0.3, 0.4) is 0 Å². The number of aryl methyl sites for hydroxylation is 1. The van der Waals surface area contributed by atoms with Crippen molar-refractivity contribution in [1.29, 1.82) is 0 Å². The van der Waals surface area contributed by atoms with E-state index in [1.165, 1.54) is 0 Å². The summed E-state index contributed by atoms with van der Waals surface area (Å²) in [5.41, 5.74) is 8.40. The second-order valence-electron chi connectivity index (χ2n) is 7.82. The van der Waals surface area contributed by atoms with E-state index in [9.17, 15) is 13.2 Å². The van der Waals surface area contributed by atoms with Gasteiger partial charge in [0, 0.05) is 29.9 Å². The zero-order chi connectivity index (χ0) is 22.7. The van der Waals surface area contributed by atoms with Crippen LogP contribution in [0.15, 0.2) is 59.5 Å². The third-order valence-corrected chi connectivity index (χ3v) is 7.56. The predicted molar refractivity (Wildman–Crippen MR) is 123 cm³/mol. The number of nitrogens with two attached hydrogens (primary N) is 1. The zero-order valence-corrected chi connectivity index (χ0v) is 18.6. The number of piperidine rings is 1. The van der Waals surface area contributed by atoms with Crippen molar-refractivity contribution in [3.63, 3.8) is 0 Å². The van der Waals surface area contributed by atoms with E-state index in [4.69, 9.17) is 5.73 Å². The molecule has 0 unspecified atom stereocenters. The summed E-state index contributed by atoms with van der Waals surface area (Å²) in [6.45, 7) is 2.93. The summed E-state index contributed by atoms with van der Waals surface area (Å²) >= 11 is 0. The molecule has 1 aliphatic heterocycles. The second kappa shape index (κ2) is 9.05. The minimum Gasteiger partial charge on any atom is -0.366 e. The number of nitrogens with zero attached hydrogens (tertiary/aromatic N) is 3. The maximum atomic E-state index is 13.2. The van der Waals surface area contributed by atoms with Gasteiger partial charge in [0.1, 0.15) is 0 Å². The molecule has 0 bridgehead atoms. The lowest BCUT2D eigenvalue weighted by Crippen LogP contribution is -2.35. The first-order valence-corrected chi connectivity index (χ1v) is 11.9. The second-order valence-corrected chi connectivity index (χ2v) is 9.72. The molecule has 1 saturated heterocycles. The van der Waals surface area contributed by atoms with Gasteiger partial charge < -0.3 is 11.1 Å². The highest BCUT2D eigenvalue weighted by atomic mass is 32.2. The summed E-state index contributed by atoms with van der Waals surface area (Å²) in [5.74, 6) is 0.0364.